The number of anilines is 1. The summed E-state index contributed by atoms with van der Waals surface area (Å²) in [6.45, 7) is -3.19. The predicted octanol–water partition coefficient (Wildman–Crippen LogP) is 5.64. The molecule has 0 aliphatic rings. The SMILES string of the molecule is O=C(Nc1ccc(F)cc1Cl)c1cc(Cl)cc(Cl)c1OC(F)F. The zero-order chi connectivity index (χ0) is 17.1. The van der Waals surface area contributed by atoms with E-state index in [-0.39, 0.29) is 26.3 Å². The van der Waals surface area contributed by atoms with Gasteiger partial charge in [0.2, 0.25) is 0 Å². The molecule has 0 unspecified atom stereocenters. The summed E-state index contributed by atoms with van der Waals surface area (Å²) >= 11 is 17.3. The highest BCUT2D eigenvalue weighted by atomic mass is 35.5. The lowest BCUT2D eigenvalue weighted by atomic mass is 10.1. The van der Waals surface area contributed by atoms with Gasteiger partial charge in [0.05, 0.1) is 21.3 Å². The number of nitrogens with one attached hydrogen (secondary N) is 1. The highest BCUT2D eigenvalue weighted by molar-refractivity contribution is 6.37. The standard InChI is InChI=1S/C14H7Cl3F3NO2/c15-6-3-8(12(10(17)4-6)23-14(19)20)13(22)21-11-2-1-7(18)5-9(11)16/h1-5,14H,(H,21,22). The molecule has 2 aromatic rings. The molecule has 2 rings (SSSR count). The van der Waals surface area contributed by atoms with Gasteiger partial charge in [-0.2, -0.15) is 8.78 Å². The number of hydrogen-bond acceptors (Lipinski definition) is 2. The van der Waals surface area contributed by atoms with Crippen molar-refractivity contribution in [3.05, 3.63) is 56.8 Å². The fourth-order valence-electron chi connectivity index (χ4n) is 1.72. The summed E-state index contributed by atoms with van der Waals surface area (Å²) in [5, 5.41) is 2.07. The van der Waals surface area contributed by atoms with Crippen LogP contribution in [0.5, 0.6) is 5.75 Å². The quantitative estimate of drug-likeness (QED) is 0.741. The van der Waals surface area contributed by atoms with Gasteiger partial charge >= 0.3 is 6.61 Å². The van der Waals surface area contributed by atoms with Gasteiger partial charge in [0.1, 0.15) is 5.82 Å². The molecule has 2 aromatic carbocycles. The van der Waals surface area contributed by atoms with Gasteiger partial charge in [-0.15, -0.1) is 0 Å². The van der Waals surface area contributed by atoms with E-state index < -0.39 is 24.1 Å². The van der Waals surface area contributed by atoms with E-state index in [1.54, 1.807) is 0 Å². The molecule has 0 saturated carbocycles. The Labute approximate surface area is 143 Å². The van der Waals surface area contributed by atoms with E-state index in [2.05, 4.69) is 10.1 Å². The van der Waals surface area contributed by atoms with Crippen LogP contribution in [0.2, 0.25) is 15.1 Å². The zero-order valence-corrected chi connectivity index (χ0v) is 13.3. The molecule has 0 aliphatic carbocycles. The molecule has 1 N–H and O–H groups in total. The third-order valence-corrected chi connectivity index (χ3v) is 3.45. The van der Waals surface area contributed by atoms with Crippen LogP contribution >= 0.6 is 34.8 Å². The van der Waals surface area contributed by atoms with Crippen LogP contribution in [0, 0.1) is 5.82 Å². The van der Waals surface area contributed by atoms with Crippen LogP contribution in [0.4, 0.5) is 18.9 Å². The maximum Gasteiger partial charge on any atom is 0.387 e. The number of ether oxygens (including phenoxy) is 1. The minimum atomic E-state index is -3.19. The van der Waals surface area contributed by atoms with E-state index >= 15 is 0 Å². The molecule has 122 valence electrons. The van der Waals surface area contributed by atoms with Crippen LogP contribution in [-0.4, -0.2) is 12.5 Å². The smallest absolute Gasteiger partial charge is 0.387 e. The number of alkyl halides is 2. The molecule has 0 saturated heterocycles. The Kier molecular flexibility index (Phi) is 5.62. The lowest BCUT2D eigenvalue weighted by molar-refractivity contribution is -0.0500. The molecule has 9 heteroatoms. The number of carbonyl (C=O) groups excluding carboxylic acids is 1. The Balaban J connectivity index is 2.38. The van der Waals surface area contributed by atoms with Crippen molar-refractivity contribution in [2.45, 2.75) is 6.61 Å². The fraction of sp³-hybridized carbons (Fsp3) is 0.0714. The number of benzene rings is 2. The summed E-state index contributed by atoms with van der Waals surface area (Å²) in [6, 6.07) is 5.54. The van der Waals surface area contributed by atoms with Crippen molar-refractivity contribution in [1.29, 1.82) is 0 Å². The summed E-state index contributed by atoms with van der Waals surface area (Å²) in [4.78, 5) is 12.3. The Morgan fingerprint density at radius 2 is 1.78 bits per heavy atom. The molecule has 23 heavy (non-hydrogen) atoms. The molecule has 0 aromatic heterocycles. The zero-order valence-electron chi connectivity index (χ0n) is 11.0. The summed E-state index contributed by atoms with van der Waals surface area (Å²) in [5.74, 6) is -1.97. The minimum absolute atomic E-state index is 0.0481. The number of carbonyl (C=O) groups is 1. The van der Waals surface area contributed by atoms with Gasteiger partial charge in [0.25, 0.3) is 5.91 Å². The Bertz CT molecular complexity index is 756. The average Bonchev–Trinajstić information content (AvgIpc) is 2.44. The molecule has 0 aliphatic heterocycles. The molecular formula is C14H7Cl3F3NO2. The Morgan fingerprint density at radius 3 is 2.39 bits per heavy atom. The highest BCUT2D eigenvalue weighted by Crippen LogP contribution is 2.34. The van der Waals surface area contributed by atoms with E-state index in [1.165, 1.54) is 6.07 Å². The highest BCUT2D eigenvalue weighted by Gasteiger charge is 2.21. The van der Waals surface area contributed by atoms with Crippen LogP contribution in [0.3, 0.4) is 0 Å². The third kappa shape index (κ3) is 4.43. The lowest BCUT2D eigenvalue weighted by Gasteiger charge is -2.13. The summed E-state index contributed by atoms with van der Waals surface area (Å²) in [6.07, 6.45) is 0. The summed E-state index contributed by atoms with van der Waals surface area (Å²) in [7, 11) is 0. The average molecular weight is 385 g/mol. The van der Waals surface area contributed by atoms with Gasteiger partial charge in [0.15, 0.2) is 5.75 Å². The van der Waals surface area contributed by atoms with Crippen LogP contribution in [0.15, 0.2) is 30.3 Å². The molecule has 0 heterocycles. The number of rotatable bonds is 4. The van der Waals surface area contributed by atoms with Crippen molar-refractivity contribution in [1.82, 2.24) is 0 Å². The monoisotopic (exact) mass is 383 g/mol. The topological polar surface area (TPSA) is 38.3 Å². The molecule has 0 radical (unpaired) electrons. The van der Waals surface area contributed by atoms with Crippen LogP contribution in [0.1, 0.15) is 10.4 Å². The maximum absolute atomic E-state index is 13.0. The second kappa shape index (κ2) is 7.29. The first kappa shape index (κ1) is 17.7. The minimum Gasteiger partial charge on any atom is -0.432 e. The normalized spacial score (nSPS) is 10.7. The van der Waals surface area contributed by atoms with Crippen molar-refractivity contribution < 1.29 is 22.7 Å². The first-order valence-electron chi connectivity index (χ1n) is 5.98. The number of amides is 1. The van der Waals surface area contributed by atoms with Gasteiger partial charge in [-0.1, -0.05) is 34.8 Å². The van der Waals surface area contributed by atoms with Crippen LogP contribution in [-0.2, 0) is 0 Å². The van der Waals surface area contributed by atoms with E-state index in [1.807, 2.05) is 0 Å². The lowest BCUT2D eigenvalue weighted by Crippen LogP contribution is -2.15. The van der Waals surface area contributed by atoms with Crippen molar-refractivity contribution >= 4 is 46.4 Å². The molecule has 0 bridgehead atoms. The van der Waals surface area contributed by atoms with E-state index in [0.29, 0.717) is 0 Å². The van der Waals surface area contributed by atoms with Gasteiger partial charge in [0, 0.05) is 5.02 Å². The number of hydrogen-bond donors (Lipinski definition) is 1. The van der Waals surface area contributed by atoms with E-state index in [9.17, 15) is 18.0 Å². The Morgan fingerprint density at radius 1 is 1.09 bits per heavy atom. The molecule has 0 atom stereocenters. The van der Waals surface area contributed by atoms with Gasteiger partial charge < -0.3 is 10.1 Å². The molecule has 1 amide bonds. The van der Waals surface area contributed by atoms with Crippen molar-refractivity contribution in [3.63, 3.8) is 0 Å². The Hall–Kier alpha value is -1.63. The van der Waals surface area contributed by atoms with E-state index in [4.69, 9.17) is 34.8 Å². The first-order valence-corrected chi connectivity index (χ1v) is 7.11. The summed E-state index contributed by atoms with van der Waals surface area (Å²) < 4.78 is 42.2. The maximum atomic E-state index is 13.0. The fourth-order valence-corrected chi connectivity index (χ4v) is 2.47. The van der Waals surface area contributed by atoms with Crippen LogP contribution in [0.25, 0.3) is 0 Å². The second-order valence-electron chi connectivity index (χ2n) is 4.22. The molecular weight excluding hydrogens is 378 g/mol. The van der Waals surface area contributed by atoms with Crippen molar-refractivity contribution in [2.24, 2.45) is 0 Å². The second-order valence-corrected chi connectivity index (χ2v) is 5.47. The van der Waals surface area contributed by atoms with Gasteiger partial charge in [-0.05, 0) is 30.3 Å². The molecule has 0 fully saturated rings. The largest absolute Gasteiger partial charge is 0.432 e. The molecule has 3 nitrogen and oxygen atoms in total. The van der Waals surface area contributed by atoms with Crippen molar-refractivity contribution in [2.75, 3.05) is 5.32 Å². The predicted molar refractivity (Wildman–Crippen MR) is 82.5 cm³/mol. The van der Waals surface area contributed by atoms with Crippen molar-refractivity contribution in [3.8, 4) is 5.75 Å². The molecule has 0 spiro atoms. The summed E-state index contributed by atoms with van der Waals surface area (Å²) in [5.41, 5.74) is -0.236. The van der Waals surface area contributed by atoms with Gasteiger partial charge in [-0.3, -0.25) is 4.79 Å². The van der Waals surface area contributed by atoms with Crippen LogP contribution < -0.4 is 10.1 Å². The first-order chi connectivity index (χ1) is 10.8. The third-order valence-electron chi connectivity index (χ3n) is 2.64. The van der Waals surface area contributed by atoms with Gasteiger partial charge in [-0.25, -0.2) is 4.39 Å². The van der Waals surface area contributed by atoms with E-state index in [0.717, 1.165) is 24.3 Å². The number of halogens is 6.